The van der Waals surface area contributed by atoms with E-state index < -0.39 is 12.1 Å². The highest BCUT2D eigenvalue weighted by Gasteiger charge is 2.10. The molecule has 3 nitrogen and oxygen atoms in total. The Hall–Kier alpha value is -0.570. The summed E-state index contributed by atoms with van der Waals surface area (Å²) in [6.07, 6.45) is -0.678. The molecule has 0 aromatic heterocycles. The van der Waals surface area contributed by atoms with Gasteiger partial charge in [-0.1, -0.05) is 13.8 Å². The second-order valence-corrected chi connectivity index (χ2v) is 2.71. The third-order valence-electron chi connectivity index (χ3n) is 1.03. The summed E-state index contributed by atoms with van der Waals surface area (Å²) in [5.41, 5.74) is 0. The van der Waals surface area contributed by atoms with Crippen LogP contribution in [0.25, 0.3) is 0 Å². The van der Waals surface area contributed by atoms with Crippen molar-refractivity contribution in [3.05, 3.63) is 0 Å². The predicted molar refractivity (Wildman–Crippen MR) is 37.9 cm³/mol. The number of hydrogen-bond acceptors (Lipinski definition) is 2. The Morgan fingerprint density at radius 2 is 2.00 bits per heavy atom. The third kappa shape index (κ3) is 4.32. The summed E-state index contributed by atoms with van der Waals surface area (Å²) in [5, 5.41) is 8.37. The fourth-order valence-electron chi connectivity index (χ4n) is 0.408. The summed E-state index contributed by atoms with van der Waals surface area (Å²) in [6, 6.07) is 0. The topological polar surface area (TPSA) is 46.5 Å². The third-order valence-corrected chi connectivity index (χ3v) is 1.03. The molecule has 0 heterocycles. The normalized spacial score (nSPS) is 13.6. The van der Waals surface area contributed by atoms with Crippen LogP contribution >= 0.6 is 0 Å². The van der Waals surface area contributed by atoms with Crippen LogP contribution in [0.1, 0.15) is 20.8 Å². The van der Waals surface area contributed by atoms with Crippen LogP contribution in [0.15, 0.2) is 0 Å². The number of rotatable bonds is 4. The van der Waals surface area contributed by atoms with Crippen molar-refractivity contribution in [3.63, 3.8) is 0 Å². The Bertz CT molecular complexity index is 109. The monoisotopic (exact) mass is 146 g/mol. The molecule has 0 aliphatic carbocycles. The van der Waals surface area contributed by atoms with Crippen molar-refractivity contribution in [1.82, 2.24) is 0 Å². The Labute approximate surface area is 61.0 Å². The van der Waals surface area contributed by atoms with Crippen LogP contribution in [-0.2, 0) is 9.53 Å². The predicted octanol–water partition coefficient (Wildman–Crippen LogP) is 1.13. The zero-order chi connectivity index (χ0) is 8.15. The van der Waals surface area contributed by atoms with E-state index in [-0.39, 0.29) is 0 Å². The number of aliphatic carboxylic acids is 1. The van der Waals surface area contributed by atoms with Crippen LogP contribution in [0.2, 0.25) is 0 Å². The van der Waals surface area contributed by atoms with Crippen molar-refractivity contribution in [2.24, 2.45) is 5.92 Å². The molecule has 0 aromatic carbocycles. The average molecular weight is 146 g/mol. The first-order valence-electron chi connectivity index (χ1n) is 3.38. The van der Waals surface area contributed by atoms with Gasteiger partial charge in [0, 0.05) is 0 Å². The summed E-state index contributed by atoms with van der Waals surface area (Å²) in [4.78, 5) is 10.2. The summed E-state index contributed by atoms with van der Waals surface area (Å²) in [6.45, 7) is 6.00. The highest BCUT2D eigenvalue weighted by Crippen LogP contribution is 1.97. The minimum absolute atomic E-state index is 0.391. The van der Waals surface area contributed by atoms with Gasteiger partial charge in [-0.05, 0) is 12.8 Å². The average Bonchev–Trinajstić information content (AvgIpc) is 1.82. The molecule has 0 aliphatic rings. The van der Waals surface area contributed by atoms with Crippen LogP contribution in [-0.4, -0.2) is 23.8 Å². The van der Waals surface area contributed by atoms with E-state index in [1.54, 1.807) is 0 Å². The molecule has 10 heavy (non-hydrogen) atoms. The van der Waals surface area contributed by atoms with Crippen molar-refractivity contribution >= 4 is 5.97 Å². The first kappa shape index (κ1) is 9.43. The van der Waals surface area contributed by atoms with Crippen molar-refractivity contribution in [2.45, 2.75) is 26.9 Å². The first-order chi connectivity index (χ1) is 4.54. The van der Waals surface area contributed by atoms with E-state index in [2.05, 4.69) is 0 Å². The molecule has 3 heteroatoms. The van der Waals surface area contributed by atoms with E-state index in [1.165, 1.54) is 6.92 Å². The molecule has 0 amide bonds. The molecule has 0 radical (unpaired) electrons. The smallest absolute Gasteiger partial charge is 0.332 e. The summed E-state index contributed by atoms with van der Waals surface area (Å²) in [7, 11) is 0. The van der Waals surface area contributed by atoms with E-state index in [0.717, 1.165) is 0 Å². The number of carboxylic acid groups (broad SMARTS) is 1. The zero-order valence-corrected chi connectivity index (χ0v) is 6.63. The summed E-state index contributed by atoms with van der Waals surface area (Å²) >= 11 is 0. The Morgan fingerprint density at radius 1 is 1.50 bits per heavy atom. The number of carbonyl (C=O) groups is 1. The second kappa shape index (κ2) is 4.28. The SMILES string of the molecule is CC(C)CO[C@H](C)C(=O)O. The molecule has 0 saturated heterocycles. The van der Waals surface area contributed by atoms with Gasteiger partial charge < -0.3 is 9.84 Å². The molecule has 0 rings (SSSR count). The maximum absolute atomic E-state index is 10.2. The highest BCUT2D eigenvalue weighted by molar-refractivity contribution is 5.71. The Kier molecular flexibility index (Phi) is 4.03. The molecular weight excluding hydrogens is 132 g/mol. The van der Waals surface area contributed by atoms with E-state index in [4.69, 9.17) is 9.84 Å². The highest BCUT2D eigenvalue weighted by atomic mass is 16.5. The van der Waals surface area contributed by atoms with Crippen molar-refractivity contribution in [1.29, 1.82) is 0 Å². The molecule has 0 unspecified atom stereocenters. The molecule has 0 aromatic rings. The van der Waals surface area contributed by atoms with E-state index in [0.29, 0.717) is 12.5 Å². The number of hydrogen-bond donors (Lipinski definition) is 1. The summed E-state index contributed by atoms with van der Waals surface area (Å²) in [5.74, 6) is -0.512. The minimum atomic E-state index is -0.902. The number of carboxylic acids is 1. The van der Waals surface area contributed by atoms with E-state index in [1.807, 2.05) is 13.8 Å². The molecule has 0 bridgehead atoms. The van der Waals surface area contributed by atoms with Gasteiger partial charge in [-0.25, -0.2) is 4.79 Å². The Morgan fingerprint density at radius 3 is 2.30 bits per heavy atom. The lowest BCUT2D eigenvalue weighted by atomic mass is 10.2. The molecule has 1 N–H and O–H groups in total. The van der Waals surface area contributed by atoms with Gasteiger partial charge in [-0.3, -0.25) is 0 Å². The quantitative estimate of drug-likeness (QED) is 0.646. The molecule has 0 fully saturated rings. The van der Waals surface area contributed by atoms with Gasteiger partial charge in [0.15, 0.2) is 6.10 Å². The van der Waals surface area contributed by atoms with Gasteiger partial charge in [0.2, 0.25) is 0 Å². The molecular formula is C7H14O3. The van der Waals surface area contributed by atoms with E-state index in [9.17, 15) is 4.79 Å². The van der Waals surface area contributed by atoms with Crippen LogP contribution in [0, 0.1) is 5.92 Å². The van der Waals surface area contributed by atoms with Crippen LogP contribution < -0.4 is 0 Å². The van der Waals surface area contributed by atoms with Gasteiger partial charge in [0.1, 0.15) is 0 Å². The fraction of sp³-hybridized carbons (Fsp3) is 0.857. The standard InChI is InChI=1S/C7H14O3/c1-5(2)4-10-6(3)7(8)9/h5-6H,4H2,1-3H3,(H,8,9)/t6-/m1/s1. The molecule has 0 aliphatic heterocycles. The zero-order valence-electron chi connectivity index (χ0n) is 6.63. The van der Waals surface area contributed by atoms with Crippen molar-refractivity contribution in [3.8, 4) is 0 Å². The van der Waals surface area contributed by atoms with Crippen molar-refractivity contribution < 1.29 is 14.6 Å². The summed E-state index contributed by atoms with van der Waals surface area (Å²) < 4.78 is 4.97. The minimum Gasteiger partial charge on any atom is -0.479 e. The Balaban J connectivity index is 3.40. The largest absolute Gasteiger partial charge is 0.479 e. The molecule has 1 atom stereocenters. The number of ether oxygens (including phenoxy) is 1. The van der Waals surface area contributed by atoms with Gasteiger partial charge in [0.25, 0.3) is 0 Å². The van der Waals surface area contributed by atoms with Crippen LogP contribution in [0.3, 0.4) is 0 Å². The molecule has 0 spiro atoms. The maximum atomic E-state index is 10.2. The lowest BCUT2D eigenvalue weighted by molar-refractivity contribution is -0.149. The molecule has 0 saturated carbocycles. The van der Waals surface area contributed by atoms with Gasteiger partial charge in [-0.2, -0.15) is 0 Å². The fourth-order valence-corrected chi connectivity index (χ4v) is 0.408. The molecule has 60 valence electrons. The van der Waals surface area contributed by atoms with Crippen molar-refractivity contribution in [2.75, 3.05) is 6.61 Å². The van der Waals surface area contributed by atoms with E-state index >= 15 is 0 Å². The second-order valence-electron chi connectivity index (χ2n) is 2.71. The lowest BCUT2D eigenvalue weighted by Crippen LogP contribution is -2.21. The van der Waals surface area contributed by atoms with Gasteiger partial charge in [-0.15, -0.1) is 0 Å². The van der Waals surface area contributed by atoms with Gasteiger partial charge >= 0.3 is 5.97 Å². The van der Waals surface area contributed by atoms with Crippen LogP contribution in [0.4, 0.5) is 0 Å². The van der Waals surface area contributed by atoms with Gasteiger partial charge in [0.05, 0.1) is 6.61 Å². The lowest BCUT2D eigenvalue weighted by Gasteiger charge is -2.09. The van der Waals surface area contributed by atoms with Crippen LogP contribution in [0.5, 0.6) is 0 Å². The maximum Gasteiger partial charge on any atom is 0.332 e. The first-order valence-corrected chi connectivity index (χ1v) is 3.38.